The van der Waals surface area contributed by atoms with Crippen molar-refractivity contribution >= 4 is 11.8 Å². The molecular weight excluding hydrogens is 400 g/mol. The minimum Gasteiger partial charge on any atom is -0.486 e. The number of hydrogen-bond acceptors (Lipinski definition) is 6. The van der Waals surface area contributed by atoms with Gasteiger partial charge in [-0.15, -0.1) is 0 Å². The third-order valence-electron chi connectivity index (χ3n) is 5.79. The third kappa shape index (κ3) is 3.96. The van der Waals surface area contributed by atoms with Crippen LogP contribution in [0, 0.1) is 0 Å². The minimum absolute atomic E-state index is 0.107. The number of carbonyl (C=O) groups is 2. The molecule has 8 nitrogen and oxygen atoms in total. The molecule has 1 aliphatic carbocycles. The van der Waals surface area contributed by atoms with E-state index in [2.05, 4.69) is 5.32 Å². The number of rotatable bonds is 7. The Labute approximate surface area is 180 Å². The van der Waals surface area contributed by atoms with E-state index in [-0.39, 0.29) is 37.9 Å². The molecule has 3 N–H and O–H groups in total. The number of ether oxygens (including phenoxy) is 1. The highest BCUT2D eigenvalue weighted by atomic mass is 16.5. The van der Waals surface area contributed by atoms with Crippen molar-refractivity contribution in [2.75, 3.05) is 13.2 Å². The molecule has 2 aromatic rings. The van der Waals surface area contributed by atoms with E-state index in [1.807, 2.05) is 18.2 Å². The Morgan fingerprint density at radius 3 is 2.74 bits per heavy atom. The van der Waals surface area contributed by atoms with Crippen LogP contribution in [0.5, 0.6) is 5.75 Å². The highest BCUT2D eigenvalue weighted by Crippen LogP contribution is 2.47. The van der Waals surface area contributed by atoms with E-state index in [0.29, 0.717) is 11.3 Å². The number of fused-ring (bicyclic) bond motifs is 3. The van der Waals surface area contributed by atoms with E-state index in [1.165, 1.54) is 6.26 Å². The SMILES string of the molecule is CCC(=O)N(Cc1ccoc1)C1C=C(C(=O)NCCO)C2c3ccccc3OC2C1O. The number of nitrogens with one attached hydrogen (secondary N) is 1. The number of carbonyl (C=O) groups excluding carboxylic acids is 2. The monoisotopic (exact) mass is 426 g/mol. The number of amides is 2. The van der Waals surface area contributed by atoms with Crippen LogP contribution >= 0.6 is 0 Å². The lowest BCUT2D eigenvalue weighted by molar-refractivity contribution is -0.137. The maximum atomic E-state index is 13.0. The van der Waals surface area contributed by atoms with Gasteiger partial charge in [0.15, 0.2) is 0 Å². The maximum Gasteiger partial charge on any atom is 0.247 e. The number of para-hydroxylation sites is 1. The first kappa shape index (κ1) is 21.1. The van der Waals surface area contributed by atoms with Gasteiger partial charge in [-0.05, 0) is 18.2 Å². The van der Waals surface area contributed by atoms with Crippen molar-refractivity contribution in [3.8, 4) is 5.75 Å². The van der Waals surface area contributed by atoms with Crippen LogP contribution in [-0.4, -0.2) is 58.3 Å². The largest absolute Gasteiger partial charge is 0.486 e. The lowest BCUT2D eigenvalue weighted by Gasteiger charge is -2.40. The van der Waals surface area contributed by atoms with Gasteiger partial charge in [0.25, 0.3) is 0 Å². The number of hydrogen-bond donors (Lipinski definition) is 3. The summed E-state index contributed by atoms with van der Waals surface area (Å²) in [6.45, 7) is 1.91. The van der Waals surface area contributed by atoms with Gasteiger partial charge in [-0.3, -0.25) is 9.59 Å². The summed E-state index contributed by atoms with van der Waals surface area (Å²) in [7, 11) is 0. The van der Waals surface area contributed by atoms with E-state index >= 15 is 0 Å². The number of furan rings is 1. The normalized spacial score (nSPS) is 23.9. The van der Waals surface area contributed by atoms with Crippen LogP contribution in [-0.2, 0) is 16.1 Å². The molecule has 0 radical (unpaired) electrons. The minimum atomic E-state index is -1.03. The Morgan fingerprint density at radius 2 is 2.03 bits per heavy atom. The Kier molecular flexibility index (Phi) is 6.11. The van der Waals surface area contributed by atoms with Gasteiger partial charge in [-0.25, -0.2) is 0 Å². The quantitative estimate of drug-likeness (QED) is 0.616. The summed E-state index contributed by atoms with van der Waals surface area (Å²) in [5, 5.41) is 23.1. The predicted octanol–water partition coefficient (Wildman–Crippen LogP) is 1.34. The van der Waals surface area contributed by atoms with Gasteiger partial charge in [0, 0.05) is 36.2 Å². The number of aliphatic hydroxyl groups excluding tert-OH is 2. The molecule has 0 spiro atoms. The van der Waals surface area contributed by atoms with Crippen LogP contribution in [0.2, 0.25) is 0 Å². The van der Waals surface area contributed by atoms with Crippen LogP contribution in [0.4, 0.5) is 0 Å². The van der Waals surface area contributed by atoms with Crippen molar-refractivity contribution in [3.05, 3.63) is 65.6 Å². The second-order valence-electron chi connectivity index (χ2n) is 7.69. The average molecular weight is 426 g/mol. The van der Waals surface area contributed by atoms with Crippen LogP contribution in [0.3, 0.4) is 0 Å². The van der Waals surface area contributed by atoms with Crippen molar-refractivity contribution in [2.24, 2.45) is 0 Å². The van der Waals surface area contributed by atoms with Crippen LogP contribution in [0.1, 0.15) is 30.4 Å². The molecular formula is C23H26N2O6. The first-order valence-electron chi connectivity index (χ1n) is 10.4. The second-order valence-corrected chi connectivity index (χ2v) is 7.69. The molecule has 0 saturated carbocycles. The summed E-state index contributed by atoms with van der Waals surface area (Å²) in [6, 6.07) is 8.38. The molecule has 1 aliphatic heterocycles. The van der Waals surface area contributed by atoms with Gasteiger partial charge in [0.1, 0.15) is 18.0 Å². The van der Waals surface area contributed by atoms with Gasteiger partial charge in [0.2, 0.25) is 11.8 Å². The van der Waals surface area contributed by atoms with E-state index in [0.717, 1.165) is 11.1 Å². The molecule has 1 aromatic heterocycles. The zero-order valence-electron chi connectivity index (χ0n) is 17.2. The molecule has 31 heavy (non-hydrogen) atoms. The van der Waals surface area contributed by atoms with E-state index in [1.54, 1.807) is 36.3 Å². The lowest BCUT2D eigenvalue weighted by Crippen LogP contribution is -2.55. The number of aliphatic hydroxyl groups is 2. The highest BCUT2D eigenvalue weighted by Gasteiger charge is 2.50. The first-order chi connectivity index (χ1) is 15.0. The molecule has 4 rings (SSSR count). The molecule has 8 heteroatoms. The van der Waals surface area contributed by atoms with Gasteiger partial charge < -0.3 is 29.6 Å². The lowest BCUT2D eigenvalue weighted by atomic mass is 9.77. The van der Waals surface area contributed by atoms with E-state index in [9.17, 15) is 14.7 Å². The number of nitrogens with zero attached hydrogens (tertiary/aromatic N) is 1. The molecule has 2 amide bonds. The van der Waals surface area contributed by atoms with E-state index in [4.69, 9.17) is 14.3 Å². The highest BCUT2D eigenvalue weighted by molar-refractivity contribution is 5.96. The van der Waals surface area contributed by atoms with Gasteiger partial charge in [-0.1, -0.05) is 25.1 Å². The Bertz CT molecular complexity index is 970. The molecule has 2 aliphatic rings. The van der Waals surface area contributed by atoms with Crippen molar-refractivity contribution < 1.29 is 29.0 Å². The summed E-state index contributed by atoms with van der Waals surface area (Å²) in [4.78, 5) is 27.4. The molecule has 0 fully saturated rings. The standard InChI is InChI=1S/C23H26N2O6/c1-2-19(27)25(12-14-7-10-30-13-14)17-11-16(23(29)24-8-9-26)20-15-5-3-4-6-18(15)31-22(20)21(17)28/h3-7,10-11,13,17,20-22,26,28H,2,8-9,12H2,1H3,(H,24,29). The molecule has 4 unspecified atom stereocenters. The molecule has 0 saturated heterocycles. The van der Waals surface area contributed by atoms with Crippen molar-refractivity contribution in [3.63, 3.8) is 0 Å². The summed E-state index contributed by atoms with van der Waals surface area (Å²) in [5.74, 6) is -0.367. The summed E-state index contributed by atoms with van der Waals surface area (Å²) >= 11 is 0. The summed E-state index contributed by atoms with van der Waals surface area (Å²) in [5.41, 5.74) is 2.02. The summed E-state index contributed by atoms with van der Waals surface area (Å²) < 4.78 is 11.2. The summed E-state index contributed by atoms with van der Waals surface area (Å²) in [6.07, 6.45) is 3.24. The topological polar surface area (TPSA) is 112 Å². The van der Waals surface area contributed by atoms with E-state index < -0.39 is 24.2 Å². The zero-order valence-corrected chi connectivity index (χ0v) is 17.2. The number of benzene rings is 1. The smallest absolute Gasteiger partial charge is 0.247 e. The Hall–Kier alpha value is -3.10. The van der Waals surface area contributed by atoms with Gasteiger partial charge in [0.05, 0.1) is 31.1 Å². The van der Waals surface area contributed by atoms with Crippen molar-refractivity contribution in [1.82, 2.24) is 10.2 Å². The van der Waals surface area contributed by atoms with Crippen LogP contribution < -0.4 is 10.1 Å². The van der Waals surface area contributed by atoms with Crippen LogP contribution in [0.15, 0.2) is 58.9 Å². The fourth-order valence-corrected chi connectivity index (χ4v) is 4.33. The Balaban J connectivity index is 1.75. The molecule has 164 valence electrons. The molecule has 1 aromatic carbocycles. The van der Waals surface area contributed by atoms with Crippen molar-refractivity contribution in [1.29, 1.82) is 0 Å². The molecule has 4 atom stereocenters. The predicted molar refractivity (Wildman–Crippen MR) is 111 cm³/mol. The first-order valence-corrected chi connectivity index (χ1v) is 10.4. The van der Waals surface area contributed by atoms with Crippen molar-refractivity contribution in [2.45, 2.75) is 44.1 Å². The van der Waals surface area contributed by atoms with Gasteiger partial charge >= 0.3 is 0 Å². The fraction of sp³-hybridized carbons (Fsp3) is 0.391. The molecule has 2 heterocycles. The third-order valence-corrected chi connectivity index (χ3v) is 5.79. The van der Waals surface area contributed by atoms with Gasteiger partial charge in [-0.2, -0.15) is 0 Å². The maximum absolute atomic E-state index is 13.0. The molecule has 0 bridgehead atoms. The average Bonchev–Trinajstić information content (AvgIpc) is 3.44. The van der Waals surface area contributed by atoms with Crippen LogP contribution in [0.25, 0.3) is 0 Å². The zero-order chi connectivity index (χ0) is 22.0. The Morgan fingerprint density at radius 1 is 1.23 bits per heavy atom. The fourth-order valence-electron chi connectivity index (χ4n) is 4.33. The second kappa shape index (κ2) is 8.95.